The van der Waals surface area contributed by atoms with Crippen molar-refractivity contribution in [1.29, 1.82) is 0 Å². The van der Waals surface area contributed by atoms with E-state index in [1.807, 2.05) is 0 Å². The fourth-order valence-corrected chi connectivity index (χ4v) is 5.48. The zero-order chi connectivity index (χ0) is 26.9. The number of nitrogens with one attached hydrogen (secondary N) is 3. The number of amides is 4. The molecule has 1 heterocycles. The number of halogens is 2. The van der Waals surface area contributed by atoms with E-state index in [0.717, 1.165) is 16.6 Å². The van der Waals surface area contributed by atoms with Gasteiger partial charge >= 0.3 is 6.09 Å². The molecule has 0 aliphatic heterocycles. The van der Waals surface area contributed by atoms with Gasteiger partial charge in [0.25, 0.3) is 0 Å². The SMILES string of the molecule is CC[C@@H](C(N)=O)N(C)C(=O)[C@@]1(NC(=O)[C@@H](NC(=O)O)C(C)C)CCc2[nH]c3c(Cl)cc(Cl)cc3c2C1. The molecule has 0 fully saturated rings. The predicted molar refractivity (Wildman–Crippen MR) is 137 cm³/mol. The second-order valence-corrected chi connectivity index (χ2v) is 10.4. The molecule has 1 aliphatic rings. The molecule has 0 spiro atoms. The number of hydrogen-bond donors (Lipinski definition) is 5. The summed E-state index contributed by atoms with van der Waals surface area (Å²) >= 11 is 12.6. The molecular formula is C24H31Cl2N5O5. The summed E-state index contributed by atoms with van der Waals surface area (Å²) in [6.07, 6.45) is -0.376. The van der Waals surface area contributed by atoms with Gasteiger partial charge in [-0.1, -0.05) is 44.0 Å². The zero-order valence-corrected chi connectivity index (χ0v) is 22.1. The smallest absolute Gasteiger partial charge is 0.405 e. The van der Waals surface area contributed by atoms with Crippen molar-refractivity contribution in [3.8, 4) is 0 Å². The summed E-state index contributed by atoms with van der Waals surface area (Å²) in [6, 6.07) is 1.39. The van der Waals surface area contributed by atoms with Gasteiger partial charge in [0.15, 0.2) is 0 Å². The highest BCUT2D eigenvalue weighted by molar-refractivity contribution is 6.38. The highest BCUT2D eigenvalue weighted by atomic mass is 35.5. The summed E-state index contributed by atoms with van der Waals surface area (Å²) in [5.41, 5.74) is 6.38. The Kier molecular flexibility index (Phi) is 8.10. The van der Waals surface area contributed by atoms with Gasteiger partial charge in [-0.15, -0.1) is 0 Å². The van der Waals surface area contributed by atoms with Crippen molar-refractivity contribution in [2.75, 3.05) is 7.05 Å². The molecule has 196 valence electrons. The van der Waals surface area contributed by atoms with Crippen molar-refractivity contribution in [2.24, 2.45) is 11.7 Å². The first kappa shape index (κ1) is 27.6. The maximum absolute atomic E-state index is 14.0. The summed E-state index contributed by atoms with van der Waals surface area (Å²) in [5.74, 6) is -2.18. The van der Waals surface area contributed by atoms with Crippen molar-refractivity contribution in [3.05, 3.63) is 33.4 Å². The molecular weight excluding hydrogens is 509 g/mol. The van der Waals surface area contributed by atoms with E-state index in [9.17, 15) is 24.3 Å². The first-order valence-electron chi connectivity index (χ1n) is 11.7. The third kappa shape index (κ3) is 5.24. The van der Waals surface area contributed by atoms with Crippen LogP contribution in [0.2, 0.25) is 10.0 Å². The summed E-state index contributed by atoms with van der Waals surface area (Å²) in [6.45, 7) is 5.13. The molecule has 0 saturated heterocycles. The lowest BCUT2D eigenvalue weighted by Gasteiger charge is -2.41. The van der Waals surface area contributed by atoms with Crippen LogP contribution in [0.3, 0.4) is 0 Å². The van der Waals surface area contributed by atoms with Crippen LogP contribution in [0.15, 0.2) is 12.1 Å². The van der Waals surface area contributed by atoms with Crippen LogP contribution in [-0.2, 0) is 27.2 Å². The number of fused-ring (bicyclic) bond motifs is 3. The summed E-state index contributed by atoms with van der Waals surface area (Å²) in [4.78, 5) is 55.3. The Hall–Kier alpha value is -2.98. The van der Waals surface area contributed by atoms with E-state index in [0.29, 0.717) is 28.4 Å². The highest BCUT2D eigenvalue weighted by Gasteiger charge is 2.48. The number of H-pyrrole nitrogens is 1. The Balaban J connectivity index is 2.11. The van der Waals surface area contributed by atoms with Crippen molar-refractivity contribution in [1.82, 2.24) is 20.5 Å². The third-order valence-corrected chi connectivity index (χ3v) is 7.32. The molecule has 0 saturated carbocycles. The van der Waals surface area contributed by atoms with E-state index in [-0.39, 0.29) is 18.8 Å². The van der Waals surface area contributed by atoms with E-state index in [1.165, 1.54) is 11.9 Å². The normalized spacial score (nSPS) is 18.9. The van der Waals surface area contributed by atoms with E-state index in [1.54, 1.807) is 32.9 Å². The van der Waals surface area contributed by atoms with Crippen LogP contribution in [0.1, 0.15) is 44.9 Å². The largest absolute Gasteiger partial charge is 0.465 e. The third-order valence-electron chi connectivity index (χ3n) is 6.80. The molecule has 0 bridgehead atoms. The molecule has 2 aromatic rings. The molecule has 0 unspecified atom stereocenters. The van der Waals surface area contributed by atoms with Gasteiger partial charge in [-0.05, 0) is 42.9 Å². The summed E-state index contributed by atoms with van der Waals surface area (Å²) in [7, 11) is 1.48. The van der Waals surface area contributed by atoms with Gasteiger partial charge in [0.1, 0.15) is 17.6 Å². The average Bonchev–Trinajstić information content (AvgIpc) is 3.14. The van der Waals surface area contributed by atoms with Gasteiger partial charge in [-0.2, -0.15) is 0 Å². The Bertz CT molecular complexity index is 1210. The molecule has 3 atom stereocenters. The first-order chi connectivity index (χ1) is 16.8. The Morgan fingerprint density at radius 2 is 1.92 bits per heavy atom. The second kappa shape index (κ2) is 10.6. The molecule has 6 N–H and O–H groups in total. The zero-order valence-electron chi connectivity index (χ0n) is 20.6. The van der Waals surface area contributed by atoms with Gasteiger partial charge < -0.3 is 31.4 Å². The maximum Gasteiger partial charge on any atom is 0.405 e. The average molecular weight is 540 g/mol. The Morgan fingerprint density at radius 1 is 1.25 bits per heavy atom. The number of carbonyl (C=O) groups excluding carboxylic acids is 3. The lowest BCUT2D eigenvalue weighted by Crippen LogP contribution is -2.66. The number of hydrogen-bond acceptors (Lipinski definition) is 4. The van der Waals surface area contributed by atoms with Crippen molar-refractivity contribution < 1.29 is 24.3 Å². The van der Waals surface area contributed by atoms with Crippen LogP contribution in [0, 0.1) is 5.92 Å². The summed E-state index contributed by atoms with van der Waals surface area (Å²) < 4.78 is 0. The minimum Gasteiger partial charge on any atom is -0.465 e. The number of aromatic nitrogens is 1. The quantitative estimate of drug-likeness (QED) is 0.348. The van der Waals surface area contributed by atoms with Crippen LogP contribution in [0.25, 0.3) is 10.9 Å². The number of primary amides is 1. The molecule has 36 heavy (non-hydrogen) atoms. The minimum atomic E-state index is -1.46. The fraction of sp³-hybridized carbons (Fsp3) is 0.500. The topological polar surface area (TPSA) is 158 Å². The first-order valence-corrected chi connectivity index (χ1v) is 12.4. The van der Waals surface area contributed by atoms with Gasteiger partial charge in [-0.3, -0.25) is 14.4 Å². The minimum absolute atomic E-state index is 0.0843. The standard InChI is InChI=1S/C24H31Cl2N5O5/c1-5-17(20(27)32)31(4)22(34)24(30-21(33)18(11(2)3)29-23(35)36)7-6-16-14(10-24)13-8-12(25)9-15(26)19(13)28-16/h8-9,11,17-18,28-29H,5-7,10H2,1-4H3,(H2,27,32)(H,30,33)(H,35,36)/t17-,18-,24+/m0/s1. The number of nitrogens with zero attached hydrogens (tertiary/aromatic N) is 1. The van der Waals surface area contributed by atoms with E-state index in [2.05, 4.69) is 15.6 Å². The van der Waals surface area contributed by atoms with Crippen molar-refractivity contribution >= 4 is 57.9 Å². The lowest BCUT2D eigenvalue weighted by atomic mass is 9.78. The lowest BCUT2D eigenvalue weighted by molar-refractivity contribution is -0.146. The predicted octanol–water partition coefficient (Wildman–Crippen LogP) is 2.83. The van der Waals surface area contributed by atoms with E-state index < -0.39 is 41.4 Å². The number of nitrogens with two attached hydrogens (primary N) is 1. The van der Waals surface area contributed by atoms with Gasteiger partial charge in [0, 0.05) is 29.6 Å². The molecule has 1 aliphatic carbocycles. The number of carboxylic acid groups (broad SMARTS) is 1. The van der Waals surface area contributed by atoms with Gasteiger partial charge in [-0.25, -0.2) is 4.79 Å². The molecule has 4 amide bonds. The number of benzene rings is 1. The van der Waals surface area contributed by atoms with Crippen LogP contribution in [-0.4, -0.2) is 63.5 Å². The number of rotatable bonds is 8. The van der Waals surface area contributed by atoms with Gasteiger partial charge in [0.2, 0.25) is 17.7 Å². The van der Waals surface area contributed by atoms with Crippen molar-refractivity contribution in [3.63, 3.8) is 0 Å². The van der Waals surface area contributed by atoms with Gasteiger partial charge in [0.05, 0.1) is 10.5 Å². The van der Waals surface area contributed by atoms with Crippen LogP contribution in [0.4, 0.5) is 4.79 Å². The van der Waals surface area contributed by atoms with Crippen LogP contribution >= 0.6 is 23.2 Å². The second-order valence-electron chi connectivity index (χ2n) is 9.55. The molecule has 1 aromatic heterocycles. The molecule has 0 radical (unpaired) electrons. The monoisotopic (exact) mass is 539 g/mol. The number of likely N-dealkylation sites (N-methyl/N-ethyl adjacent to an activating group) is 1. The molecule has 10 nitrogen and oxygen atoms in total. The van der Waals surface area contributed by atoms with E-state index >= 15 is 0 Å². The van der Waals surface area contributed by atoms with E-state index in [4.69, 9.17) is 28.9 Å². The number of carbonyl (C=O) groups is 4. The highest BCUT2D eigenvalue weighted by Crippen LogP contribution is 2.39. The van der Waals surface area contributed by atoms with Crippen molar-refractivity contribution in [2.45, 2.75) is 64.1 Å². The summed E-state index contributed by atoms with van der Waals surface area (Å²) in [5, 5.41) is 15.9. The molecule has 1 aromatic carbocycles. The Morgan fingerprint density at radius 3 is 2.47 bits per heavy atom. The molecule has 3 rings (SSSR count). The van der Waals surface area contributed by atoms with Crippen LogP contribution < -0.4 is 16.4 Å². The number of aromatic amines is 1. The van der Waals surface area contributed by atoms with Crippen LogP contribution in [0.5, 0.6) is 0 Å². The maximum atomic E-state index is 14.0. The molecule has 12 heteroatoms. The number of aryl methyl sites for hydroxylation is 1. The Labute approximate surface area is 218 Å². The fourth-order valence-electron chi connectivity index (χ4n) is 4.94.